The Bertz CT molecular complexity index is 316. The van der Waals surface area contributed by atoms with Gasteiger partial charge < -0.3 is 16.4 Å². The number of rotatable bonds is 2. The predicted octanol–water partition coefficient (Wildman–Crippen LogP) is -0.317. The number of nitrogens with one attached hydrogen (secondary N) is 2. The van der Waals surface area contributed by atoms with Gasteiger partial charge in [-0.3, -0.25) is 0 Å². The Balaban J connectivity index is 2.14. The van der Waals surface area contributed by atoms with E-state index in [9.17, 15) is 0 Å². The van der Waals surface area contributed by atoms with Gasteiger partial charge in [-0.05, 0) is 12.2 Å². The maximum atomic E-state index is 5.38. The molecule has 1 aromatic heterocycles. The standard InChI is InChI=1S/C7H11N5S/c8-7(13)11-6-1-2-10-12(6)5-3-9-4-5/h1-2,5,9H,3-4H2,(H3,8,11,13). The van der Waals surface area contributed by atoms with Crippen LogP contribution >= 0.6 is 12.2 Å². The SMILES string of the molecule is NC(=S)Nc1ccnn1C1CNC1. The van der Waals surface area contributed by atoms with Crippen LogP contribution in [0, 0.1) is 0 Å². The summed E-state index contributed by atoms with van der Waals surface area (Å²) < 4.78 is 1.90. The summed E-state index contributed by atoms with van der Waals surface area (Å²) in [6, 6.07) is 2.28. The summed E-state index contributed by atoms with van der Waals surface area (Å²) in [6.45, 7) is 1.90. The van der Waals surface area contributed by atoms with Crippen molar-refractivity contribution in [3.8, 4) is 0 Å². The second kappa shape index (κ2) is 3.31. The molecular formula is C7H11N5S. The van der Waals surface area contributed by atoms with Crippen molar-refractivity contribution in [3.05, 3.63) is 12.3 Å². The summed E-state index contributed by atoms with van der Waals surface area (Å²) in [6.07, 6.45) is 1.74. The molecule has 0 atom stereocenters. The topological polar surface area (TPSA) is 67.9 Å². The van der Waals surface area contributed by atoms with E-state index in [0.717, 1.165) is 18.9 Å². The van der Waals surface area contributed by atoms with Crippen LogP contribution in [-0.4, -0.2) is 28.0 Å². The smallest absolute Gasteiger partial charge is 0.169 e. The Hall–Kier alpha value is -1.14. The van der Waals surface area contributed by atoms with Gasteiger partial charge in [0.25, 0.3) is 0 Å². The van der Waals surface area contributed by atoms with Crippen molar-refractivity contribution in [2.24, 2.45) is 5.73 Å². The highest BCUT2D eigenvalue weighted by Gasteiger charge is 2.21. The van der Waals surface area contributed by atoms with Gasteiger partial charge in [0.15, 0.2) is 5.11 Å². The van der Waals surface area contributed by atoms with Gasteiger partial charge >= 0.3 is 0 Å². The van der Waals surface area contributed by atoms with Gasteiger partial charge in [-0.25, -0.2) is 4.68 Å². The van der Waals surface area contributed by atoms with Crippen LogP contribution in [0.4, 0.5) is 5.82 Å². The van der Waals surface area contributed by atoms with Gasteiger partial charge in [0.2, 0.25) is 0 Å². The molecule has 1 aromatic rings. The minimum absolute atomic E-state index is 0.272. The second-order valence-electron chi connectivity index (χ2n) is 2.96. The molecule has 1 saturated heterocycles. The van der Waals surface area contributed by atoms with E-state index in [0.29, 0.717) is 6.04 Å². The molecule has 0 spiro atoms. The number of nitrogens with two attached hydrogens (primary N) is 1. The molecule has 2 rings (SSSR count). The average Bonchev–Trinajstić information content (AvgIpc) is 2.32. The van der Waals surface area contributed by atoms with Gasteiger partial charge in [-0.1, -0.05) is 0 Å². The van der Waals surface area contributed by atoms with Gasteiger partial charge in [0.1, 0.15) is 5.82 Å². The number of hydrogen-bond acceptors (Lipinski definition) is 3. The van der Waals surface area contributed by atoms with Crippen LogP contribution in [0.2, 0.25) is 0 Å². The van der Waals surface area contributed by atoms with Crippen LogP contribution in [0.1, 0.15) is 6.04 Å². The molecule has 70 valence electrons. The van der Waals surface area contributed by atoms with E-state index < -0.39 is 0 Å². The van der Waals surface area contributed by atoms with Crippen molar-refractivity contribution in [1.29, 1.82) is 0 Å². The van der Waals surface area contributed by atoms with Crippen molar-refractivity contribution < 1.29 is 0 Å². The fourth-order valence-corrected chi connectivity index (χ4v) is 1.38. The lowest BCUT2D eigenvalue weighted by Crippen LogP contribution is -2.44. The summed E-state index contributed by atoms with van der Waals surface area (Å²) >= 11 is 4.75. The Kier molecular flexibility index (Phi) is 2.15. The molecule has 4 N–H and O–H groups in total. The number of anilines is 1. The first kappa shape index (κ1) is 8.46. The molecule has 1 aliphatic rings. The Morgan fingerprint density at radius 2 is 2.54 bits per heavy atom. The Morgan fingerprint density at radius 3 is 3.08 bits per heavy atom. The third-order valence-electron chi connectivity index (χ3n) is 2.03. The summed E-state index contributed by atoms with van der Waals surface area (Å²) in [7, 11) is 0. The van der Waals surface area contributed by atoms with E-state index in [1.54, 1.807) is 6.20 Å². The average molecular weight is 197 g/mol. The molecule has 0 saturated carbocycles. The number of aromatic nitrogens is 2. The van der Waals surface area contributed by atoms with E-state index in [1.165, 1.54) is 0 Å². The second-order valence-corrected chi connectivity index (χ2v) is 3.40. The monoisotopic (exact) mass is 197 g/mol. The zero-order chi connectivity index (χ0) is 9.26. The fourth-order valence-electron chi connectivity index (χ4n) is 1.28. The zero-order valence-electron chi connectivity index (χ0n) is 7.03. The summed E-state index contributed by atoms with van der Waals surface area (Å²) in [5.41, 5.74) is 5.38. The van der Waals surface area contributed by atoms with Crippen molar-refractivity contribution in [2.45, 2.75) is 6.04 Å². The lowest BCUT2D eigenvalue weighted by Gasteiger charge is -2.28. The predicted molar refractivity (Wildman–Crippen MR) is 54.5 cm³/mol. The molecule has 5 nitrogen and oxygen atoms in total. The minimum Gasteiger partial charge on any atom is -0.376 e. The molecule has 0 aliphatic carbocycles. The molecule has 0 bridgehead atoms. The quantitative estimate of drug-likeness (QED) is 0.567. The number of nitrogens with zero attached hydrogens (tertiary/aromatic N) is 2. The van der Waals surface area contributed by atoms with Gasteiger partial charge in [-0.15, -0.1) is 0 Å². The van der Waals surface area contributed by atoms with Crippen LogP contribution in [0.3, 0.4) is 0 Å². The molecule has 0 radical (unpaired) electrons. The minimum atomic E-state index is 0.272. The lowest BCUT2D eigenvalue weighted by molar-refractivity contribution is 0.322. The van der Waals surface area contributed by atoms with Crippen LogP contribution in [0.25, 0.3) is 0 Å². The zero-order valence-corrected chi connectivity index (χ0v) is 7.84. The summed E-state index contributed by atoms with van der Waals surface area (Å²) in [4.78, 5) is 0. The molecule has 0 amide bonds. The third kappa shape index (κ3) is 1.63. The van der Waals surface area contributed by atoms with Crippen molar-refractivity contribution in [3.63, 3.8) is 0 Å². The van der Waals surface area contributed by atoms with E-state index in [-0.39, 0.29) is 5.11 Å². The molecule has 2 heterocycles. The maximum absolute atomic E-state index is 5.38. The molecule has 0 aromatic carbocycles. The Morgan fingerprint density at radius 1 is 1.77 bits per heavy atom. The maximum Gasteiger partial charge on any atom is 0.169 e. The van der Waals surface area contributed by atoms with Gasteiger partial charge in [0, 0.05) is 19.2 Å². The van der Waals surface area contributed by atoms with Crippen LogP contribution < -0.4 is 16.4 Å². The first-order chi connectivity index (χ1) is 6.27. The van der Waals surface area contributed by atoms with E-state index in [1.807, 2.05) is 10.7 Å². The van der Waals surface area contributed by atoms with E-state index in [4.69, 9.17) is 18.0 Å². The Labute approximate surface area is 81.3 Å². The molecule has 13 heavy (non-hydrogen) atoms. The number of hydrogen-bond donors (Lipinski definition) is 3. The molecule has 1 aliphatic heterocycles. The summed E-state index contributed by atoms with van der Waals surface area (Å²) in [5, 5.41) is 10.5. The van der Waals surface area contributed by atoms with Crippen molar-refractivity contribution in [2.75, 3.05) is 18.4 Å². The lowest BCUT2D eigenvalue weighted by atomic mass is 10.2. The fraction of sp³-hybridized carbons (Fsp3) is 0.429. The summed E-state index contributed by atoms with van der Waals surface area (Å²) in [5.74, 6) is 0.860. The van der Waals surface area contributed by atoms with Crippen LogP contribution in [0.5, 0.6) is 0 Å². The van der Waals surface area contributed by atoms with Crippen molar-refractivity contribution in [1.82, 2.24) is 15.1 Å². The van der Waals surface area contributed by atoms with E-state index in [2.05, 4.69) is 15.7 Å². The number of thiocarbonyl (C=S) groups is 1. The largest absolute Gasteiger partial charge is 0.376 e. The van der Waals surface area contributed by atoms with E-state index >= 15 is 0 Å². The molecule has 0 unspecified atom stereocenters. The van der Waals surface area contributed by atoms with Crippen LogP contribution in [0.15, 0.2) is 12.3 Å². The van der Waals surface area contributed by atoms with Crippen LogP contribution in [-0.2, 0) is 0 Å². The normalized spacial score (nSPS) is 16.6. The highest BCUT2D eigenvalue weighted by atomic mass is 32.1. The van der Waals surface area contributed by atoms with Crippen molar-refractivity contribution >= 4 is 23.1 Å². The first-order valence-electron chi connectivity index (χ1n) is 4.08. The molecular weight excluding hydrogens is 186 g/mol. The first-order valence-corrected chi connectivity index (χ1v) is 4.49. The highest BCUT2D eigenvalue weighted by molar-refractivity contribution is 7.80. The molecule has 6 heteroatoms. The highest BCUT2D eigenvalue weighted by Crippen LogP contribution is 2.16. The van der Waals surface area contributed by atoms with Gasteiger partial charge in [-0.2, -0.15) is 5.10 Å². The third-order valence-corrected chi connectivity index (χ3v) is 2.13. The van der Waals surface area contributed by atoms with Gasteiger partial charge in [0.05, 0.1) is 12.2 Å². The molecule has 1 fully saturated rings.